The number of nitrogens with two attached hydrogens (primary N) is 1. The predicted molar refractivity (Wildman–Crippen MR) is 88.6 cm³/mol. The number of primary amides is 1. The Labute approximate surface area is 137 Å². The van der Waals surface area contributed by atoms with Gasteiger partial charge >= 0.3 is 11.8 Å². The number of benzene rings is 1. The third-order valence-corrected chi connectivity index (χ3v) is 4.54. The number of carbonyl (C=O) groups is 2. The van der Waals surface area contributed by atoms with Crippen LogP contribution >= 0.6 is 12.4 Å². The molecular formula is C16H24ClN3O2. The van der Waals surface area contributed by atoms with Gasteiger partial charge in [-0.25, -0.2) is 0 Å². The van der Waals surface area contributed by atoms with E-state index in [0.29, 0.717) is 0 Å². The fourth-order valence-corrected chi connectivity index (χ4v) is 3.24. The van der Waals surface area contributed by atoms with Gasteiger partial charge in [0.05, 0.1) is 0 Å². The summed E-state index contributed by atoms with van der Waals surface area (Å²) in [5.74, 6) is -1.60. The Morgan fingerprint density at radius 2 is 1.73 bits per heavy atom. The Morgan fingerprint density at radius 3 is 2.18 bits per heavy atom. The van der Waals surface area contributed by atoms with E-state index in [4.69, 9.17) is 5.73 Å². The molecule has 0 heterocycles. The molecule has 5 nitrogen and oxygen atoms in total. The largest absolute Gasteiger partial charge is 0.361 e. The molecule has 1 aliphatic carbocycles. The van der Waals surface area contributed by atoms with Crippen molar-refractivity contribution < 1.29 is 9.59 Å². The first kappa shape index (κ1) is 18.5. The molecule has 0 bridgehead atoms. The van der Waals surface area contributed by atoms with Crippen LogP contribution in [0.4, 0.5) is 0 Å². The molecule has 2 rings (SSSR count). The molecule has 3 N–H and O–H groups in total. The second-order valence-electron chi connectivity index (χ2n) is 5.90. The van der Waals surface area contributed by atoms with Crippen LogP contribution in [0.3, 0.4) is 0 Å². The Morgan fingerprint density at radius 1 is 1.18 bits per heavy atom. The van der Waals surface area contributed by atoms with E-state index in [-0.39, 0.29) is 24.0 Å². The lowest BCUT2D eigenvalue weighted by Gasteiger charge is -2.45. The van der Waals surface area contributed by atoms with E-state index in [9.17, 15) is 9.59 Å². The molecule has 22 heavy (non-hydrogen) atoms. The van der Waals surface area contributed by atoms with Crippen molar-refractivity contribution in [1.82, 2.24) is 10.2 Å². The van der Waals surface area contributed by atoms with E-state index in [1.54, 1.807) is 0 Å². The fraction of sp³-hybridized carbons (Fsp3) is 0.500. The van der Waals surface area contributed by atoms with E-state index in [2.05, 4.69) is 48.6 Å². The van der Waals surface area contributed by atoms with E-state index in [1.807, 2.05) is 6.07 Å². The predicted octanol–water partition coefficient (Wildman–Crippen LogP) is 1.41. The van der Waals surface area contributed by atoms with Crippen molar-refractivity contribution in [3.05, 3.63) is 35.9 Å². The first-order valence-corrected chi connectivity index (χ1v) is 7.29. The van der Waals surface area contributed by atoms with Crippen molar-refractivity contribution in [2.75, 3.05) is 14.1 Å². The minimum Gasteiger partial charge on any atom is -0.361 e. The molecule has 1 fully saturated rings. The highest BCUT2D eigenvalue weighted by Crippen LogP contribution is 2.40. The van der Waals surface area contributed by atoms with Crippen LogP contribution in [0.25, 0.3) is 0 Å². The van der Waals surface area contributed by atoms with Gasteiger partial charge in [-0.3, -0.25) is 14.5 Å². The zero-order valence-corrected chi connectivity index (χ0v) is 13.9. The molecule has 0 aliphatic heterocycles. The fourth-order valence-electron chi connectivity index (χ4n) is 3.24. The molecule has 6 heteroatoms. The number of carbonyl (C=O) groups excluding carboxylic acids is 2. The summed E-state index contributed by atoms with van der Waals surface area (Å²) in [5.41, 5.74) is 6.28. The van der Waals surface area contributed by atoms with Gasteiger partial charge in [-0.1, -0.05) is 30.3 Å². The van der Waals surface area contributed by atoms with Crippen molar-refractivity contribution in [1.29, 1.82) is 0 Å². The normalized spacial score (nSPS) is 24.4. The highest BCUT2D eigenvalue weighted by Gasteiger charge is 2.39. The molecule has 1 aromatic carbocycles. The summed E-state index contributed by atoms with van der Waals surface area (Å²) >= 11 is 0. The summed E-state index contributed by atoms with van der Waals surface area (Å²) in [5, 5.41) is 2.71. The molecule has 1 saturated carbocycles. The second kappa shape index (κ2) is 7.61. The average Bonchev–Trinajstić information content (AvgIpc) is 2.48. The van der Waals surface area contributed by atoms with Crippen LogP contribution in [0.1, 0.15) is 31.2 Å². The van der Waals surface area contributed by atoms with E-state index < -0.39 is 11.8 Å². The molecule has 1 aromatic rings. The van der Waals surface area contributed by atoms with Crippen LogP contribution in [0, 0.1) is 0 Å². The Bertz CT molecular complexity index is 511. The van der Waals surface area contributed by atoms with Crippen LogP contribution in [-0.2, 0) is 15.1 Å². The topological polar surface area (TPSA) is 75.4 Å². The highest BCUT2D eigenvalue weighted by molar-refractivity contribution is 6.34. The first-order chi connectivity index (χ1) is 9.95. The van der Waals surface area contributed by atoms with Gasteiger partial charge in [0, 0.05) is 11.6 Å². The molecule has 0 radical (unpaired) electrons. The van der Waals surface area contributed by atoms with E-state index in [1.165, 1.54) is 5.56 Å². The van der Waals surface area contributed by atoms with Gasteiger partial charge in [0.25, 0.3) is 0 Å². The SMILES string of the molecule is CN(C)C1(c2ccccc2)CCC(NC(=O)C(N)=O)CC1.Cl. The minimum absolute atomic E-state index is 0. The molecular weight excluding hydrogens is 302 g/mol. The first-order valence-electron chi connectivity index (χ1n) is 7.29. The summed E-state index contributed by atoms with van der Waals surface area (Å²) in [6, 6.07) is 10.5. The maximum absolute atomic E-state index is 11.4. The number of nitrogens with one attached hydrogen (secondary N) is 1. The third-order valence-electron chi connectivity index (χ3n) is 4.54. The number of hydrogen-bond acceptors (Lipinski definition) is 3. The Kier molecular flexibility index (Phi) is 6.38. The van der Waals surface area contributed by atoms with Crippen molar-refractivity contribution in [2.24, 2.45) is 5.73 Å². The number of halogens is 1. The zero-order valence-electron chi connectivity index (χ0n) is 13.0. The van der Waals surface area contributed by atoms with Gasteiger partial charge in [0.1, 0.15) is 0 Å². The van der Waals surface area contributed by atoms with E-state index >= 15 is 0 Å². The molecule has 0 spiro atoms. The molecule has 0 saturated heterocycles. The second-order valence-corrected chi connectivity index (χ2v) is 5.90. The van der Waals surface area contributed by atoms with Crippen LogP contribution in [0.5, 0.6) is 0 Å². The molecule has 122 valence electrons. The highest BCUT2D eigenvalue weighted by atomic mass is 35.5. The lowest BCUT2D eigenvalue weighted by molar-refractivity contribution is -0.138. The third kappa shape index (κ3) is 3.78. The summed E-state index contributed by atoms with van der Waals surface area (Å²) in [4.78, 5) is 24.5. The van der Waals surface area contributed by atoms with Crippen LogP contribution < -0.4 is 11.1 Å². The smallest absolute Gasteiger partial charge is 0.309 e. The number of amides is 2. The van der Waals surface area contributed by atoms with Crippen molar-refractivity contribution in [3.8, 4) is 0 Å². The maximum Gasteiger partial charge on any atom is 0.309 e. The molecule has 0 atom stereocenters. The van der Waals surface area contributed by atoms with Gasteiger partial charge in [-0.05, 0) is 45.3 Å². The summed E-state index contributed by atoms with van der Waals surface area (Å²) in [6.45, 7) is 0. The summed E-state index contributed by atoms with van der Waals surface area (Å²) in [7, 11) is 4.19. The van der Waals surface area contributed by atoms with Gasteiger partial charge in [0.2, 0.25) is 0 Å². The van der Waals surface area contributed by atoms with Gasteiger partial charge in [-0.2, -0.15) is 0 Å². The van der Waals surface area contributed by atoms with Gasteiger partial charge in [-0.15, -0.1) is 12.4 Å². The number of hydrogen-bond donors (Lipinski definition) is 2. The molecule has 0 aromatic heterocycles. The maximum atomic E-state index is 11.4. The lowest BCUT2D eigenvalue weighted by Crippen LogP contribution is -2.50. The number of nitrogens with zero attached hydrogens (tertiary/aromatic N) is 1. The average molecular weight is 326 g/mol. The van der Waals surface area contributed by atoms with Crippen LogP contribution in [-0.4, -0.2) is 36.9 Å². The van der Waals surface area contributed by atoms with E-state index in [0.717, 1.165) is 25.7 Å². The van der Waals surface area contributed by atoms with Gasteiger partial charge in [0.15, 0.2) is 0 Å². The summed E-state index contributed by atoms with van der Waals surface area (Å²) in [6.07, 6.45) is 3.56. The quantitative estimate of drug-likeness (QED) is 0.825. The Balaban J connectivity index is 0.00000242. The lowest BCUT2D eigenvalue weighted by atomic mass is 9.74. The Hall–Kier alpha value is -1.59. The zero-order chi connectivity index (χ0) is 15.5. The molecule has 0 unspecified atom stereocenters. The summed E-state index contributed by atoms with van der Waals surface area (Å²) < 4.78 is 0. The standard InChI is InChI=1S/C16H23N3O2.ClH/c1-19(2)16(12-6-4-3-5-7-12)10-8-13(9-11-16)18-15(21)14(17)20;/h3-7,13H,8-11H2,1-2H3,(H2,17,20)(H,18,21);1H. The monoisotopic (exact) mass is 325 g/mol. The van der Waals surface area contributed by atoms with Crippen molar-refractivity contribution in [3.63, 3.8) is 0 Å². The van der Waals surface area contributed by atoms with Crippen molar-refractivity contribution >= 4 is 24.2 Å². The van der Waals surface area contributed by atoms with Crippen molar-refractivity contribution in [2.45, 2.75) is 37.3 Å². The molecule has 1 aliphatic rings. The van der Waals surface area contributed by atoms with Crippen LogP contribution in [0.2, 0.25) is 0 Å². The van der Waals surface area contributed by atoms with Crippen LogP contribution in [0.15, 0.2) is 30.3 Å². The molecule has 2 amide bonds. The minimum atomic E-state index is -0.914. The number of rotatable bonds is 3. The van der Waals surface area contributed by atoms with Gasteiger partial charge < -0.3 is 11.1 Å².